The lowest BCUT2D eigenvalue weighted by Gasteiger charge is -2.40. The Labute approximate surface area is 123 Å². The second kappa shape index (κ2) is 4.84. The minimum atomic E-state index is -3.21. The van der Waals surface area contributed by atoms with Crippen LogP contribution in [0.3, 0.4) is 0 Å². The van der Waals surface area contributed by atoms with E-state index in [0.29, 0.717) is 19.4 Å². The summed E-state index contributed by atoms with van der Waals surface area (Å²) in [5.74, 6) is 0.148. The Balaban J connectivity index is 1.96. The van der Waals surface area contributed by atoms with Crippen molar-refractivity contribution in [2.24, 2.45) is 10.7 Å². The molecule has 1 saturated heterocycles. The molecule has 3 rings (SSSR count). The van der Waals surface area contributed by atoms with Crippen LogP contribution in [0.25, 0.3) is 0 Å². The second-order valence-corrected chi connectivity index (χ2v) is 7.76. The molecule has 2 aliphatic heterocycles. The molecule has 2 N–H and O–H groups in total. The summed E-state index contributed by atoms with van der Waals surface area (Å²) in [5.41, 5.74) is 5.88. The van der Waals surface area contributed by atoms with Crippen molar-refractivity contribution in [3.8, 4) is 0 Å². The van der Waals surface area contributed by atoms with E-state index >= 15 is 0 Å². The number of carbonyl (C=O) groups is 1. The Bertz CT molecular complexity index is 699. The third kappa shape index (κ3) is 2.42. The van der Waals surface area contributed by atoms with Gasteiger partial charge in [0.2, 0.25) is 0 Å². The van der Waals surface area contributed by atoms with Crippen molar-refractivity contribution in [2.75, 3.05) is 11.5 Å². The van der Waals surface area contributed by atoms with Crippen molar-refractivity contribution in [3.05, 3.63) is 35.9 Å². The van der Waals surface area contributed by atoms with Gasteiger partial charge in [0.15, 0.2) is 9.84 Å². The number of hydrogen-bond acceptors (Lipinski definition) is 4. The predicted molar refractivity (Wildman–Crippen MR) is 79.6 cm³/mol. The molecule has 7 heteroatoms. The number of urea groups is 1. The average Bonchev–Trinajstić information content (AvgIpc) is 2.63. The minimum absolute atomic E-state index is 0.131. The number of carbonyl (C=O) groups excluding carboxylic acids is 1. The van der Waals surface area contributed by atoms with Gasteiger partial charge in [0, 0.05) is 6.54 Å². The third-order valence-electron chi connectivity index (χ3n) is 4.13. The van der Waals surface area contributed by atoms with Crippen molar-refractivity contribution in [1.29, 1.82) is 0 Å². The highest BCUT2D eigenvalue weighted by Crippen LogP contribution is 2.35. The van der Waals surface area contributed by atoms with E-state index in [4.69, 9.17) is 5.73 Å². The normalized spacial score (nSPS) is 27.9. The quantitative estimate of drug-likeness (QED) is 0.879. The number of hydrogen-bond donors (Lipinski definition) is 1. The Morgan fingerprint density at radius 3 is 2.67 bits per heavy atom. The van der Waals surface area contributed by atoms with Crippen molar-refractivity contribution in [3.63, 3.8) is 0 Å². The molecule has 1 aromatic carbocycles. The third-order valence-corrected chi connectivity index (χ3v) is 5.96. The molecule has 0 saturated carbocycles. The van der Waals surface area contributed by atoms with E-state index in [9.17, 15) is 13.2 Å². The summed E-state index contributed by atoms with van der Waals surface area (Å²) >= 11 is 0. The van der Waals surface area contributed by atoms with Crippen LogP contribution < -0.4 is 5.73 Å². The van der Waals surface area contributed by atoms with Crippen LogP contribution in [0.1, 0.15) is 18.4 Å². The van der Waals surface area contributed by atoms with Gasteiger partial charge in [-0.3, -0.25) is 0 Å². The highest BCUT2D eigenvalue weighted by molar-refractivity contribution is 7.91. The molecule has 1 unspecified atom stereocenters. The molecular weight excluding hydrogens is 290 g/mol. The fourth-order valence-corrected chi connectivity index (χ4v) is 4.99. The Kier molecular flexibility index (Phi) is 3.24. The largest absolute Gasteiger partial charge is 0.385 e. The molecular formula is C14H17N3O3S. The lowest BCUT2D eigenvalue weighted by atomic mass is 9.92. The van der Waals surface area contributed by atoms with Crippen LogP contribution in [0.15, 0.2) is 35.3 Å². The number of benzene rings is 1. The van der Waals surface area contributed by atoms with E-state index in [1.165, 1.54) is 4.90 Å². The lowest BCUT2D eigenvalue weighted by Crippen LogP contribution is -2.60. The first kappa shape index (κ1) is 14.1. The molecule has 6 nitrogen and oxygen atoms in total. The van der Waals surface area contributed by atoms with Crippen LogP contribution in [0.5, 0.6) is 0 Å². The molecule has 1 atom stereocenters. The summed E-state index contributed by atoms with van der Waals surface area (Å²) in [6, 6.07) is 8.99. The summed E-state index contributed by atoms with van der Waals surface area (Å²) in [5, 5.41) is 0. The average molecular weight is 307 g/mol. The minimum Gasteiger partial charge on any atom is -0.385 e. The van der Waals surface area contributed by atoms with Gasteiger partial charge in [-0.1, -0.05) is 30.3 Å². The summed E-state index contributed by atoms with van der Waals surface area (Å²) < 4.78 is 24.0. The van der Waals surface area contributed by atoms with Crippen LogP contribution in [0.4, 0.5) is 4.79 Å². The number of amidine groups is 1. The molecule has 1 spiro atoms. The van der Waals surface area contributed by atoms with Crippen LogP contribution in [0.2, 0.25) is 0 Å². The van der Waals surface area contributed by atoms with Gasteiger partial charge in [-0.2, -0.15) is 4.99 Å². The molecule has 0 aliphatic carbocycles. The van der Waals surface area contributed by atoms with Gasteiger partial charge in [0.05, 0.1) is 11.5 Å². The van der Waals surface area contributed by atoms with Gasteiger partial charge in [-0.25, -0.2) is 13.2 Å². The van der Waals surface area contributed by atoms with E-state index in [0.717, 1.165) is 5.56 Å². The Morgan fingerprint density at radius 2 is 2.00 bits per heavy atom. The summed E-state index contributed by atoms with van der Waals surface area (Å²) in [6.07, 6.45) is 1.04. The smallest absolute Gasteiger partial charge is 0.346 e. The van der Waals surface area contributed by atoms with E-state index in [-0.39, 0.29) is 17.3 Å². The van der Waals surface area contributed by atoms with Gasteiger partial charge in [-0.15, -0.1) is 0 Å². The van der Waals surface area contributed by atoms with E-state index in [1.807, 2.05) is 30.3 Å². The fraction of sp³-hybridized carbons (Fsp3) is 0.429. The van der Waals surface area contributed by atoms with Gasteiger partial charge in [-0.05, 0) is 18.4 Å². The van der Waals surface area contributed by atoms with Gasteiger partial charge >= 0.3 is 6.03 Å². The van der Waals surface area contributed by atoms with Crippen molar-refractivity contribution >= 4 is 21.7 Å². The van der Waals surface area contributed by atoms with Gasteiger partial charge in [0.1, 0.15) is 11.4 Å². The topological polar surface area (TPSA) is 92.8 Å². The monoisotopic (exact) mass is 307 g/mol. The zero-order chi connectivity index (χ0) is 15.1. The number of rotatable bonds is 2. The SMILES string of the molecule is NC1=NC(=O)N(Cc2ccccc2)C12CCCS(=O)(=O)C2. The van der Waals surface area contributed by atoms with Crippen molar-refractivity contribution < 1.29 is 13.2 Å². The highest BCUT2D eigenvalue weighted by atomic mass is 32.2. The highest BCUT2D eigenvalue weighted by Gasteiger charge is 2.52. The molecule has 1 fully saturated rings. The predicted octanol–water partition coefficient (Wildman–Crippen LogP) is 0.927. The van der Waals surface area contributed by atoms with Crippen LogP contribution in [-0.2, 0) is 16.4 Å². The lowest BCUT2D eigenvalue weighted by molar-refractivity contribution is 0.167. The first-order chi connectivity index (χ1) is 9.93. The summed E-state index contributed by atoms with van der Waals surface area (Å²) in [7, 11) is -3.21. The zero-order valence-corrected chi connectivity index (χ0v) is 12.3. The molecule has 1 aromatic rings. The number of nitrogens with two attached hydrogens (primary N) is 1. The maximum absolute atomic E-state index is 12.1. The van der Waals surface area contributed by atoms with E-state index in [2.05, 4.69) is 4.99 Å². The van der Waals surface area contributed by atoms with Gasteiger partial charge < -0.3 is 10.6 Å². The number of aliphatic imine (C=N–C) groups is 1. The molecule has 112 valence electrons. The zero-order valence-electron chi connectivity index (χ0n) is 11.5. The number of nitrogens with zero attached hydrogens (tertiary/aromatic N) is 2. The van der Waals surface area contributed by atoms with Crippen LogP contribution >= 0.6 is 0 Å². The molecule has 2 amide bonds. The van der Waals surface area contributed by atoms with E-state index in [1.54, 1.807) is 0 Å². The molecule has 0 aromatic heterocycles. The second-order valence-electron chi connectivity index (χ2n) is 5.58. The van der Waals surface area contributed by atoms with Gasteiger partial charge in [0.25, 0.3) is 0 Å². The number of sulfone groups is 1. The molecule has 2 heterocycles. The summed E-state index contributed by atoms with van der Waals surface area (Å²) in [4.78, 5) is 17.5. The van der Waals surface area contributed by atoms with Crippen molar-refractivity contribution in [1.82, 2.24) is 4.90 Å². The van der Waals surface area contributed by atoms with Crippen molar-refractivity contribution in [2.45, 2.75) is 24.9 Å². The fourth-order valence-electron chi connectivity index (χ4n) is 3.08. The Hall–Kier alpha value is -1.89. The molecule has 0 radical (unpaired) electrons. The maximum Gasteiger partial charge on any atom is 0.346 e. The first-order valence-electron chi connectivity index (χ1n) is 6.84. The number of amides is 2. The van der Waals surface area contributed by atoms with E-state index < -0.39 is 21.4 Å². The Morgan fingerprint density at radius 1 is 1.29 bits per heavy atom. The van der Waals surface area contributed by atoms with Crippen LogP contribution in [0, 0.1) is 0 Å². The first-order valence-corrected chi connectivity index (χ1v) is 8.66. The molecule has 0 bridgehead atoms. The maximum atomic E-state index is 12.1. The van der Waals surface area contributed by atoms with Crippen LogP contribution in [-0.4, -0.2) is 42.2 Å². The molecule has 2 aliphatic rings. The summed E-state index contributed by atoms with van der Waals surface area (Å²) in [6.45, 7) is 0.319. The molecule has 21 heavy (non-hydrogen) atoms. The standard InChI is InChI=1S/C14H17N3O3S/c15-12-14(7-4-8-21(19,20)10-14)17(13(18)16-12)9-11-5-2-1-3-6-11/h1-3,5-6H,4,7-10H2,(H2,15,16,18).